The van der Waals surface area contributed by atoms with Gasteiger partial charge in [-0.1, -0.05) is 0 Å². The Labute approximate surface area is 86.6 Å². The van der Waals surface area contributed by atoms with Gasteiger partial charge in [0.25, 0.3) is 6.43 Å². The van der Waals surface area contributed by atoms with Crippen molar-refractivity contribution in [2.75, 3.05) is 13.2 Å². The molecule has 0 radical (unpaired) electrons. The third-order valence-corrected chi connectivity index (χ3v) is 2.21. The van der Waals surface area contributed by atoms with Crippen LogP contribution in [-0.2, 0) is 9.53 Å². The van der Waals surface area contributed by atoms with E-state index in [2.05, 4.69) is 10.1 Å². The van der Waals surface area contributed by atoms with Gasteiger partial charge in [-0.2, -0.15) is 0 Å². The molecule has 1 aliphatic carbocycles. The summed E-state index contributed by atoms with van der Waals surface area (Å²) in [5.74, 6) is -1.08. The van der Waals surface area contributed by atoms with E-state index in [4.69, 9.17) is 5.11 Å². The standard InChI is InChI=1S/C9H15F2NO3/c1-9(8(13)14,12-6-2-3-6)5-15-4-7(10)11/h6-7,12H,2-5H2,1H3,(H,13,14). The number of halogens is 2. The maximum absolute atomic E-state index is 11.8. The second-order valence-corrected chi connectivity index (χ2v) is 3.96. The summed E-state index contributed by atoms with van der Waals surface area (Å²) in [5, 5.41) is 11.8. The van der Waals surface area contributed by atoms with Gasteiger partial charge >= 0.3 is 5.97 Å². The van der Waals surface area contributed by atoms with Crippen molar-refractivity contribution >= 4 is 5.97 Å². The van der Waals surface area contributed by atoms with Crippen molar-refractivity contribution in [1.82, 2.24) is 5.32 Å². The molecule has 0 aromatic rings. The van der Waals surface area contributed by atoms with E-state index in [0.29, 0.717) is 0 Å². The van der Waals surface area contributed by atoms with E-state index in [1.807, 2.05) is 0 Å². The Hall–Kier alpha value is -0.750. The molecule has 1 fully saturated rings. The summed E-state index contributed by atoms with van der Waals surface area (Å²) in [6, 6.07) is 0.182. The number of hydrogen-bond donors (Lipinski definition) is 2. The van der Waals surface area contributed by atoms with Crippen LogP contribution in [0.2, 0.25) is 0 Å². The molecule has 15 heavy (non-hydrogen) atoms. The fraction of sp³-hybridized carbons (Fsp3) is 0.889. The summed E-state index contributed by atoms with van der Waals surface area (Å²) in [7, 11) is 0. The van der Waals surface area contributed by atoms with Crippen LogP contribution in [0, 0.1) is 0 Å². The predicted octanol–water partition coefficient (Wildman–Crippen LogP) is 0.863. The second-order valence-electron chi connectivity index (χ2n) is 3.96. The third kappa shape index (κ3) is 4.09. The zero-order chi connectivity index (χ0) is 11.5. The average molecular weight is 223 g/mol. The van der Waals surface area contributed by atoms with Crippen molar-refractivity contribution in [3.63, 3.8) is 0 Å². The molecule has 4 nitrogen and oxygen atoms in total. The molecule has 0 spiro atoms. The van der Waals surface area contributed by atoms with Crippen molar-refractivity contribution in [3.8, 4) is 0 Å². The number of carboxylic acids is 1. The summed E-state index contributed by atoms with van der Waals surface area (Å²) < 4.78 is 28.2. The van der Waals surface area contributed by atoms with Crippen LogP contribution in [0.25, 0.3) is 0 Å². The SMILES string of the molecule is CC(COCC(F)F)(NC1CC1)C(=O)O. The quantitative estimate of drug-likeness (QED) is 0.672. The molecular weight excluding hydrogens is 208 g/mol. The summed E-state index contributed by atoms with van der Waals surface area (Å²) in [5.41, 5.74) is -1.27. The van der Waals surface area contributed by atoms with E-state index in [1.165, 1.54) is 6.92 Å². The van der Waals surface area contributed by atoms with E-state index in [-0.39, 0.29) is 12.6 Å². The van der Waals surface area contributed by atoms with Gasteiger partial charge < -0.3 is 9.84 Å². The molecule has 1 rings (SSSR count). The number of ether oxygens (including phenoxy) is 1. The topological polar surface area (TPSA) is 58.6 Å². The van der Waals surface area contributed by atoms with Gasteiger partial charge in [0.1, 0.15) is 12.1 Å². The van der Waals surface area contributed by atoms with Gasteiger partial charge in [0, 0.05) is 6.04 Å². The van der Waals surface area contributed by atoms with E-state index in [9.17, 15) is 13.6 Å². The van der Waals surface area contributed by atoms with Gasteiger partial charge in [0.05, 0.1) is 6.61 Å². The Kier molecular flexibility index (Phi) is 3.98. The number of hydrogen-bond acceptors (Lipinski definition) is 3. The lowest BCUT2D eigenvalue weighted by Gasteiger charge is -2.26. The molecule has 2 N–H and O–H groups in total. The second kappa shape index (κ2) is 4.85. The molecule has 0 aromatic carbocycles. The highest BCUT2D eigenvalue weighted by molar-refractivity contribution is 5.78. The Morgan fingerprint density at radius 3 is 2.67 bits per heavy atom. The molecule has 88 valence electrons. The van der Waals surface area contributed by atoms with Crippen LogP contribution < -0.4 is 5.32 Å². The molecule has 6 heteroatoms. The lowest BCUT2D eigenvalue weighted by Crippen LogP contribution is -2.54. The smallest absolute Gasteiger partial charge is 0.326 e. The van der Waals surface area contributed by atoms with Crippen LogP contribution in [0.4, 0.5) is 8.78 Å². The van der Waals surface area contributed by atoms with Crippen LogP contribution in [0.1, 0.15) is 19.8 Å². The number of nitrogens with one attached hydrogen (secondary N) is 1. The molecule has 0 saturated heterocycles. The van der Waals surface area contributed by atoms with E-state index in [1.54, 1.807) is 0 Å². The molecule has 1 unspecified atom stereocenters. The lowest BCUT2D eigenvalue weighted by molar-refractivity contribution is -0.147. The highest BCUT2D eigenvalue weighted by atomic mass is 19.3. The van der Waals surface area contributed by atoms with Crippen LogP contribution in [0.15, 0.2) is 0 Å². The minimum Gasteiger partial charge on any atom is -0.480 e. The first-order valence-corrected chi connectivity index (χ1v) is 4.81. The van der Waals surface area contributed by atoms with Gasteiger partial charge in [-0.3, -0.25) is 10.1 Å². The highest BCUT2D eigenvalue weighted by Gasteiger charge is 2.38. The largest absolute Gasteiger partial charge is 0.480 e. The van der Waals surface area contributed by atoms with Crippen molar-refractivity contribution in [3.05, 3.63) is 0 Å². The van der Waals surface area contributed by atoms with Gasteiger partial charge in [-0.05, 0) is 19.8 Å². The Bertz CT molecular complexity index is 233. The van der Waals surface area contributed by atoms with Gasteiger partial charge in [-0.25, -0.2) is 8.78 Å². The Morgan fingerprint density at radius 2 is 2.27 bits per heavy atom. The maximum Gasteiger partial charge on any atom is 0.326 e. The van der Waals surface area contributed by atoms with Gasteiger partial charge in [-0.15, -0.1) is 0 Å². The van der Waals surface area contributed by atoms with Crippen molar-refractivity contribution in [1.29, 1.82) is 0 Å². The molecule has 0 aromatic heterocycles. The van der Waals surface area contributed by atoms with E-state index in [0.717, 1.165) is 12.8 Å². The number of carboxylic acid groups (broad SMARTS) is 1. The fourth-order valence-corrected chi connectivity index (χ4v) is 1.20. The zero-order valence-corrected chi connectivity index (χ0v) is 8.50. The number of aliphatic carboxylic acids is 1. The van der Waals surface area contributed by atoms with Gasteiger partial charge in [0.15, 0.2) is 0 Å². The lowest BCUT2D eigenvalue weighted by atomic mass is 10.0. The predicted molar refractivity (Wildman–Crippen MR) is 49.0 cm³/mol. The Morgan fingerprint density at radius 1 is 1.67 bits per heavy atom. The fourth-order valence-electron chi connectivity index (χ4n) is 1.20. The summed E-state index contributed by atoms with van der Waals surface area (Å²) in [6.07, 6.45) is -0.709. The van der Waals surface area contributed by atoms with Crippen LogP contribution >= 0.6 is 0 Å². The Balaban J connectivity index is 2.37. The number of carbonyl (C=O) groups is 1. The molecule has 1 aliphatic rings. The first-order valence-electron chi connectivity index (χ1n) is 4.81. The minimum absolute atomic E-state index is 0.182. The van der Waals surface area contributed by atoms with Crippen LogP contribution in [-0.4, -0.2) is 42.3 Å². The molecule has 0 heterocycles. The third-order valence-electron chi connectivity index (χ3n) is 2.21. The summed E-state index contributed by atoms with van der Waals surface area (Å²) >= 11 is 0. The van der Waals surface area contributed by atoms with E-state index < -0.39 is 24.5 Å². The van der Waals surface area contributed by atoms with Crippen LogP contribution in [0.5, 0.6) is 0 Å². The minimum atomic E-state index is -2.57. The molecular formula is C9H15F2NO3. The normalized spacial score (nSPS) is 20.3. The molecule has 1 saturated carbocycles. The zero-order valence-electron chi connectivity index (χ0n) is 8.50. The number of alkyl halides is 2. The van der Waals surface area contributed by atoms with Crippen LogP contribution in [0.3, 0.4) is 0 Å². The van der Waals surface area contributed by atoms with Crippen molar-refractivity contribution in [2.45, 2.75) is 37.8 Å². The van der Waals surface area contributed by atoms with Gasteiger partial charge in [0.2, 0.25) is 0 Å². The molecule has 0 aliphatic heterocycles. The molecule has 1 atom stereocenters. The summed E-state index contributed by atoms with van der Waals surface area (Å²) in [6.45, 7) is 0.470. The van der Waals surface area contributed by atoms with E-state index >= 15 is 0 Å². The first-order chi connectivity index (χ1) is 6.94. The molecule has 0 amide bonds. The van der Waals surface area contributed by atoms with Crippen molar-refractivity contribution < 1.29 is 23.4 Å². The maximum atomic E-state index is 11.8. The first kappa shape index (κ1) is 12.3. The number of rotatable bonds is 7. The van der Waals surface area contributed by atoms with Crippen molar-refractivity contribution in [2.24, 2.45) is 0 Å². The highest BCUT2D eigenvalue weighted by Crippen LogP contribution is 2.22. The monoisotopic (exact) mass is 223 g/mol. The molecule has 0 bridgehead atoms. The average Bonchev–Trinajstić information content (AvgIpc) is 2.87. The summed E-state index contributed by atoms with van der Waals surface area (Å²) in [4.78, 5) is 10.9.